The van der Waals surface area contributed by atoms with Crippen LogP contribution in [0.4, 0.5) is 5.82 Å². The minimum absolute atomic E-state index is 0.0190. The average molecular weight is 490 g/mol. The van der Waals surface area contributed by atoms with Gasteiger partial charge >= 0.3 is 0 Å². The predicted octanol–water partition coefficient (Wildman–Crippen LogP) is 3.64. The van der Waals surface area contributed by atoms with Crippen molar-refractivity contribution in [3.8, 4) is 6.07 Å². The van der Waals surface area contributed by atoms with Crippen LogP contribution in [-0.2, 0) is 13.1 Å². The molecular weight excluding hydrogens is 462 g/mol. The molecule has 1 atom stereocenters. The van der Waals surface area contributed by atoms with Crippen molar-refractivity contribution in [1.29, 1.82) is 5.26 Å². The molecule has 2 aromatic carbocycles. The summed E-state index contributed by atoms with van der Waals surface area (Å²) < 4.78 is 3.55. The molecule has 37 heavy (non-hydrogen) atoms. The van der Waals surface area contributed by atoms with Gasteiger partial charge in [-0.15, -0.1) is 0 Å². The summed E-state index contributed by atoms with van der Waals surface area (Å²) in [7, 11) is 0. The Morgan fingerprint density at radius 1 is 1.03 bits per heavy atom. The van der Waals surface area contributed by atoms with E-state index in [0.717, 1.165) is 47.2 Å². The molecule has 1 fully saturated rings. The molecule has 0 radical (unpaired) electrons. The quantitative estimate of drug-likeness (QED) is 0.404. The summed E-state index contributed by atoms with van der Waals surface area (Å²) in [4.78, 5) is 25.4. The Morgan fingerprint density at radius 3 is 2.65 bits per heavy atom. The van der Waals surface area contributed by atoms with Crippen LogP contribution in [-0.4, -0.2) is 38.2 Å². The minimum atomic E-state index is -0.195. The zero-order valence-electron chi connectivity index (χ0n) is 20.4. The highest BCUT2D eigenvalue weighted by Crippen LogP contribution is 2.32. The SMILES string of the molecule is N#Cc1c(N2CCCC(N)C2)n(Cc2ccccc2)c2c(=O)n(Cc3nccc4ccccc34)cnc12. The van der Waals surface area contributed by atoms with Crippen LogP contribution in [0.25, 0.3) is 21.8 Å². The van der Waals surface area contributed by atoms with Crippen molar-refractivity contribution in [3.63, 3.8) is 0 Å². The molecule has 1 saturated heterocycles. The second kappa shape index (κ2) is 9.52. The number of nitriles is 1. The lowest BCUT2D eigenvalue weighted by Crippen LogP contribution is -2.44. The fourth-order valence-electron chi connectivity index (χ4n) is 5.39. The third kappa shape index (κ3) is 4.13. The van der Waals surface area contributed by atoms with Crippen LogP contribution in [0.1, 0.15) is 29.7 Å². The number of rotatable bonds is 5. The Morgan fingerprint density at radius 2 is 1.84 bits per heavy atom. The van der Waals surface area contributed by atoms with Gasteiger partial charge in [0.1, 0.15) is 28.5 Å². The van der Waals surface area contributed by atoms with E-state index in [1.165, 1.54) is 6.33 Å². The van der Waals surface area contributed by atoms with Gasteiger partial charge in [-0.05, 0) is 29.9 Å². The molecule has 1 unspecified atom stereocenters. The lowest BCUT2D eigenvalue weighted by atomic mass is 10.1. The summed E-state index contributed by atoms with van der Waals surface area (Å²) >= 11 is 0. The first-order chi connectivity index (χ1) is 18.1. The van der Waals surface area contributed by atoms with Crippen molar-refractivity contribution in [3.05, 3.63) is 100 Å². The molecule has 5 aromatic rings. The number of pyridine rings is 1. The fourth-order valence-corrected chi connectivity index (χ4v) is 5.39. The zero-order valence-corrected chi connectivity index (χ0v) is 20.4. The summed E-state index contributed by atoms with van der Waals surface area (Å²) in [5.41, 5.74) is 9.24. The van der Waals surface area contributed by atoms with E-state index in [2.05, 4.69) is 20.9 Å². The maximum Gasteiger partial charge on any atom is 0.278 e. The zero-order chi connectivity index (χ0) is 25.4. The van der Waals surface area contributed by atoms with Gasteiger partial charge in [0.05, 0.1) is 18.6 Å². The lowest BCUT2D eigenvalue weighted by molar-refractivity contribution is 0.498. The van der Waals surface area contributed by atoms with Crippen LogP contribution >= 0.6 is 0 Å². The van der Waals surface area contributed by atoms with E-state index in [-0.39, 0.29) is 18.1 Å². The van der Waals surface area contributed by atoms with E-state index in [4.69, 9.17) is 5.73 Å². The second-order valence-electron chi connectivity index (χ2n) is 9.58. The van der Waals surface area contributed by atoms with Crippen LogP contribution in [0.2, 0.25) is 0 Å². The van der Waals surface area contributed by atoms with Crippen LogP contribution < -0.4 is 16.2 Å². The maximum atomic E-state index is 14.0. The van der Waals surface area contributed by atoms with Crippen molar-refractivity contribution in [2.24, 2.45) is 5.73 Å². The number of piperidine rings is 1. The summed E-state index contributed by atoms with van der Waals surface area (Å²) in [6, 6.07) is 22.3. The predicted molar refractivity (Wildman–Crippen MR) is 145 cm³/mol. The highest BCUT2D eigenvalue weighted by molar-refractivity contribution is 5.89. The molecule has 8 heteroatoms. The molecule has 2 N–H and O–H groups in total. The summed E-state index contributed by atoms with van der Waals surface area (Å²) in [6.07, 6.45) is 5.18. The number of fused-ring (bicyclic) bond motifs is 2. The standard InChI is InChI=1S/C29H27N7O/c30-15-24-26-27(29(37)35(19-33-26)18-25-23-11-5-4-9-21(23)12-13-32-25)36(16-20-7-2-1-3-8-20)28(24)34-14-6-10-22(31)17-34/h1-5,7-9,11-13,19,22H,6,10,14,16-18,31H2. The van der Waals surface area contributed by atoms with E-state index in [9.17, 15) is 10.1 Å². The second-order valence-corrected chi connectivity index (χ2v) is 9.58. The average Bonchev–Trinajstić information content (AvgIpc) is 3.24. The topological polar surface area (TPSA) is 106 Å². The van der Waals surface area contributed by atoms with Crippen molar-refractivity contribution in [2.75, 3.05) is 18.0 Å². The highest BCUT2D eigenvalue weighted by Gasteiger charge is 2.28. The summed E-state index contributed by atoms with van der Waals surface area (Å²) in [5.74, 6) is 0.724. The van der Waals surface area contributed by atoms with Gasteiger partial charge in [0.25, 0.3) is 5.56 Å². The number of anilines is 1. The van der Waals surface area contributed by atoms with Crippen LogP contribution in [0.15, 0.2) is 78.0 Å². The van der Waals surface area contributed by atoms with Gasteiger partial charge in [-0.1, -0.05) is 54.6 Å². The number of benzene rings is 2. The Bertz CT molecular complexity index is 1690. The van der Waals surface area contributed by atoms with Crippen molar-refractivity contribution < 1.29 is 0 Å². The first-order valence-corrected chi connectivity index (χ1v) is 12.5. The molecule has 0 spiro atoms. The Labute approximate surface area is 214 Å². The first kappa shape index (κ1) is 23.0. The van der Waals surface area contributed by atoms with Gasteiger partial charge in [0.2, 0.25) is 0 Å². The fraction of sp³-hybridized carbons (Fsp3) is 0.241. The number of nitrogens with two attached hydrogens (primary N) is 1. The van der Waals surface area contributed by atoms with Crippen molar-refractivity contribution >= 4 is 27.6 Å². The van der Waals surface area contributed by atoms with Gasteiger partial charge in [0, 0.05) is 37.3 Å². The van der Waals surface area contributed by atoms with E-state index in [1.54, 1.807) is 10.8 Å². The van der Waals surface area contributed by atoms with Crippen molar-refractivity contribution in [1.82, 2.24) is 19.1 Å². The molecule has 8 nitrogen and oxygen atoms in total. The van der Waals surface area contributed by atoms with Gasteiger partial charge in [-0.3, -0.25) is 14.3 Å². The van der Waals surface area contributed by atoms with Gasteiger partial charge < -0.3 is 15.2 Å². The number of hydrogen-bond acceptors (Lipinski definition) is 6. The minimum Gasteiger partial charge on any atom is -0.355 e. The van der Waals surface area contributed by atoms with Gasteiger partial charge in [-0.2, -0.15) is 5.26 Å². The maximum absolute atomic E-state index is 14.0. The van der Waals surface area contributed by atoms with Crippen molar-refractivity contribution in [2.45, 2.75) is 32.0 Å². The largest absolute Gasteiger partial charge is 0.355 e. The lowest BCUT2D eigenvalue weighted by Gasteiger charge is -2.33. The van der Waals surface area contributed by atoms with E-state index < -0.39 is 0 Å². The number of aromatic nitrogens is 4. The first-order valence-electron chi connectivity index (χ1n) is 12.5. The molecule has 3 aromatic heterocycles. The molecule has 6 rings (SSSR count). The van der Waals surface area contributed by atoms with Crippen LogP contribution in [0, 0.1) is 11.3 Å². The van der Waals surface area contributed by atoms with E-state index in [0.29, 0.717) is 29.7 Å². The molecule has 184 valence electrons. The molecule has 0 saturated carbocycles. The van der Waals surface area contributed by atoms with Crippen LogP contribution in [0.3, 0.4) is 0 Å². The molecule has 4 heterocycles. The smallest absolute Gasteiger partial charge is 0.278 e. The molecule has 1 aliphatic rings. The van der Waals surface area contributed by atoms with Crippen LogP contribution in [0.5, 0.6) is 0 Å². The van der Waals surface area contributed by atoms with Gasteiger partial charge in [-0.25, -0.2) is 4.98 Å². The third-order valence-electron chi connectivity index (χ3n) is 7.13. The van der Waals surface area contributed by atoms with Gasteiger partial charge in [0.15, 0.2) is 0 Å². The Balaban J connectivity index is 1.55. The van der Waals surface area contributed by atoms with E-state index >= 15 is 0 Å². The Kier molecular flexibility index (Phi) is 5.91. The number of nitrogens with zero attached hydrogens (tertiary/aromatic N) is 6. The molecule has 0 amide bonds. The molecule has 0 bridgehead atoms. The highest BCUT2D eigenvalue weighted by atomic mass is 16.1. The molecule has 1 aliphatic heterocycles. The molecular formula is C29H27N7O. The molecule has 0 aliphatic carbocycles. The Hall–Kier alpha value is -4.48. The number of hydrogen-bond donors (Lipinski definition) is 1. The third-order valence-corrected chi connectivity index (χ3v) is 7.13. The monoisotopic (exact) mass is 489 g/mol. The summed E-state index contributed by atoms with van der Waals surface area (Å²) in [6.45, 7) is 2.15. The summed E-state index contributed by atoms with van der Waals surface area (Å²) in [5, 5.41) is 12.3. The normalized spacial score (nSPS) is 15.8. The van der Waals surface area contributed by atoms with E-state index in [1.807, 2.05) is 65.2 Å².